The van der Waals surface area contributed by atoms with Crippen LogP contribution in [-0.2, 0) is 16.4 Å². The third kappa shape index (κ3) is 5.70. The van der Waals surface area contributed by atoms with Gasteiger partial charge in [0, 0.05) is 24.1 Å². The molecule has 4 rings (SSSR count). The van der Waals surface area contributed by atoms with Crippen molar-refractivity contribution in [2.45, 2.75) is 23.8 Å². The number of benzene rings is 3. The van der Waals surface area contributed by atoms with E-state index in [4.69, 9.17) is 21.1 Å². The standard InChI is InChI=1S/C25H25ClF2N2O4S.ClH/c1-33-24-8-5-21(14-25(24)34-2)35(31,32)30(20-9-10-29-15-20)23-7-3-18(26)12-17(23)11-16-13-19(27)4-6-22(16)28;/h3-8,12-14,20,29H,9-11,15H2,1-2H3;1H. The highest BCUT2D eigenvalue weighted by molar-refractivity contribution is 7.92. The molecule has 0 bridgehead atoms. The number of methoxy groups -OCH3 is 2. The average molecular weight is 559 g/mol. The van der Waals surface area contributed by atoms with Gasteiger partial charge in [-0.1, -0.05) is 11.6 Å². The summed E-state index contributed by atoms with van der Waals surface area (Å²) in [5.41, 5.74) is 0.904. The fourth-order valence-corrected chi connectivity index (χ4v) is 6.17. The largest absolute Gasteiger partial charge is 0.493 e. The fraction of sp³-hybridized carbons (Fsp3) is 0.280. The molecule has 11 heteroatoms. The smallest absolute Gasteiger partial charge is 0.264 e. The number of hydrogen-bond donors (Lipinski definition) is 1. The molecule has 194 valence electrons. The van der Waals surface area contributed by atoms with Crippen molar-refractivity contribution in [3.8, 4) is 11.5 Å². The van der Waals surface area contributed by atoms with E-state index >= 15 is 0 Å². The maximum absolute atomic E-state index is 14.5. The third-order valence-corrected chi connectivity index (χ3v) is 8.04. The molecule has 6 nitrogen and oxygen atoms in total. The maximum Gasteiger partial charge on any atom is 0.264 e. The van der Waals surface area contributed by atoms with Crippen LogP contribution >= 0.6 is 24.0 Å². The summed E-state index contributed by atoms with van der Waals surface area (Å²) in [6.45, 7) is 1.08. The third-order valence-electron chi connectivity index (χ3n) is 5.95. The molecular formula is C25H26Cl2F2N2O4S. The molecule has 3 aromatic rings. The van der Waals surface area contributed by atoms with Gasteiger partial charge in [-0.05, 0) is 72.6 Å². The van der Waals surface area contributed by atoms with Gasteiger partial charge in [0.05, 0.1) is 30.8 Å². The van der Waals surface area contributed by atoms with Crippen LogP contribution in [-0.4, -0.2) is 41.8 Å². The fourth-order valence-electron chi connectivity index (χ4n) is 4.25. The highest BCUT2D eigenvalue weighted by atomic mass is 35.5. The van der Waals surface area contributed by atoms with Crippen molar-refractivity contribution < 1.29 is 26.7 Å². The monoisotopic (exact) mass is 558 g/mol. The zero-order valence-electron chi connectivity index (χ0n) is 19.6. The highest BCUT2D eigenvalue weighted by Crippen LogP contribution is 2.37. The van der Waals surface area contributed by atoms with Crippen molar-refractivity contribution in [2.24, 2.45) is 0 Å². The van der Waals surface area contributed by atoms with E-state index in [2.05, 4.69) is 5.32 Å². The lowest BCUT2D eigenvalue weighted by atomic mass is 10.0. The van der Waals surface area contributed by atoms with E-state index < -0.39 is 27.7 Å². The van der Waals surface area contributed by atoms with Gasteiger partial charge in [0.2, 0.25) is 0 Å². The zero-order chi connectivity index (χ0) is 25.2. The minimum atomic E-state index is -4.09. The number of sulfonamides is 1. The molecule has 1 aliphatic heterocycles. The van der Waals surface area contributed by atoms with Crippen molar-refractivity contribution in [1.29, 1.82) is 0 Å². The Balaban J connectivity index is 0.00000361. The molecule has 0 spiro atoms. The lowest BCUT2D eigenvalue weighted by Gasteiger charge is -2.32. The number of nitrogens with zero attached hydrogens (tertiary/aromatic N) is 1. The van der Waals surface area contributed by atoms with E-state index in [0.717, 1.165) is 18.2 Å². The summed E-state index contributed by atoms with van der Waals surface area (Å²) >= 11 is 6.24. The van der Waals surface area contributed by atoms with Crippen LogP contribution in [0.15, 0.2) is 59.5 Å². The molecular weight excluding hydrogens is 533 g/mol. The maximum atomic E-state index is 14.5. The minimum absolute atomic E-state index is 0. The van der Waals surface area contributed by atoms with Gasteiger partial charge < -0.3 is 14.8 Å². The molecule has 0 radical (unpaired) electrons. The second-order valence-corrected chi connectivity index (χ2v) is 10.4. The average Bonchev–Trinajstić information content (AvgIpc) is 3.36. The molecule has 1 fully saturated rings. The van der Waals surface area contributed by atoms with Crippen molar-refractivity contribution >= 4 is 39.7 Å². The molecule has 0 amide bonds. The van der Waals surface area contributed by atoms with E-state index in [1.807, 2.05) is 0 Å². The number of hydrogen-bond acceptors (Lipinski definition) is 5. The summed E-state index contributed by atoms with van der Waals surface area (Å²) in [6.07, 6.45) is 0.528. The lowest BCUT2D eigenvalue weighted by molar-refractivity contribution is 0.354. The molecule has 0 saturated carbocycles. The second kappa shape index (κ2) is 11.6. The number of halogens is 4. The molecule has 1 saturated heterocycles. The summed E-state index contributed by atoms with van der Waals surface area (Å²) in [5.74, 6) is -0.500. The van der Waals surface area contributed by atoms with E-state index in [0.29, 0.717) is 41.5 Å². The van der Waals surface area contributed by atoms with E-state index in [1.165, 1.54) is 36.7 Å². The summed E-state index contributed by atoms with van der Waals surface area (Å²) in [7, 11) is -1.20. The van der Waals surface area contributed by atoms with E-state index in [9.17, 15) is 17.2 Å². The van der Waals surface area contributed by atoms with Crippen LogP contribution in [0.25, 0.3) is 0 Å². The van der Waals surface area contributed by atoms with Crippen LogP contribution in [0, 0.1) is 11.6 Å². The molecule has 1 unspecified atom stereocenters. The van der Waals surface area contributed by atoms with Crippen molar-refractivity contribution in [1.82, 2.24) is 5.32 Å². The number of nitrogens with one attached hydrogen (secondary N) is 1. The quantitative estimate of drug-likeness (QED) is 0.411. The number of anilines is 1. The Morgan fingerprint density at radius 2 is 1.75 bits per heavy atom. The number of rotatable bonds is 8. The van der Waals surface area contributed by atoms with Crippen LogP contribution in [0.5, 0.6) is 11.5 Å². The molecule has 1 aliphatic rings. The first kappa shape index (κ1) is 28.0. The Bertz CT molecular complexity index is 1340. The Morgan fingerprint density at radius 3 is 2.42 bits per heavy atom. The zero-order valence-corrected chi connectivity index (χ0v) is 22.0. The molecule has 36 heavy (non-hydrogen) atoms. The molecule has 0 aromatic heterocycles. The van der Waals surface area contributed by atoms with E-state index in [-0.39, 0.29) is 35.0 Å². The first-order valence-corrected chi connectivity index (χ1v) is 12.8. The molecule has 1 heterocycles. The van der Waals surface area contributed by atoms with Gasteiger partial charge in [0.25, 0.3) is 10.0 Å². The molecule has 3 aromatic carbocycles. The van der Waals surface area contributed by atoms with Crippen LogP contribution in [0.2, 0.25) is 5.02 Å². The van der Waals surface area contributed by atoms with Gasteiger partial charge in [0.15, 0.2) is 11.5 Å². The van der Waals surface area contributed by atoms with Gasteiger partial charge in [-0.25, -0.2) is 17.2 Å². The van der Waals surface area contributed by atoms with Gasteiger partial charge >= 0.3 is 0 Å². The highest BCUT2D eigenvalue weighted by Gasteiger charge is 2.35. The Kier molecular flexibility index (Phi) is 9.05. The predicted octanol–water partition coefficient (Wildman–Crippen LogP) is 5.21. The van der Waals surface area contributed by atoms with Crippen molar-refractivity contribution in [3.05, 3.63) is 82.4 Å². The molecule has 1 N–H and O–H groups in total. The normalized spacial score (nSPS) is 15.3. The topological polar surface area (TPSA) is 67.9 Å². The van der Waals surface area contributed by atoms with Gasteiger partial charge in [-0.2, -0.15) is 0 Å². The van der Waals surface area contributed by atoms with Gasteiger partial charge in [-0.3, -0.25) is 4.31 Å². The van der Waals surface area contributed by atoms with Crippen LogP contribution in [0.3, 0.4) is 0 Å². The Hall–Kier alpha value is -2.59. The lowest BCUT2D eigenvalue weighted by Crippen LogP contribution is -2.42. The van der Waals surface area contributed by atoms with Crippen LogP contribution in [0.1, 0.15) is 17.5 Å². The summed E-state index contributed by atoms with van der Waals surface area (Å²) in [4.78, 5) is 0.0138. The SMILES string of the molecule is COc1ccc(S(=O)(=O)N(c2ccc(Cl)cc2Cc2cc(F)ccc2F)C2CCNC2)cc1OC.Cl. The predicted molar refractivity (Wildman–Crippen MR) is 138 cm³/mol. The van der Waals surface area contributed by atoms with Gasteiger partial charge in [-0.15, -0.1) is 12.4 Å². The van der Waals surface area contributed by atoms with E-state index in [1.54, 1.807) is 18.2 Å². The van der Waals surface area contributed by atoms with Crippen molar-refractivity contribution in [2.75, 3.05) is 31.6 Å². The Labute approximate surface area is 220 Å². The number of ether oxygens (including phenoxy) is 2. The Morgan fingerprint density at radius 1 is 1.00 bits per heavy atom. The summed E-state index contributed by atoms with van der Waals surface area (Å²) in [6, 6.07) is 12.0. The first-order chi connectivity index (χ1) is 16.7. The van der Waals surface area contributed by atoms with Crippen LogP contribution in [0.4, 0.5) is 14.5 Å². The van der Waals surface area contributed by atoms with Gasteiger partial charge in [0.1, 0.15) is 11.6 Å². The minimum Gasteiger partial charge on any atom is -0.493 e. The van der Waals surface area contributed by atoms with Crippen LogP contribution < -0.4 is 19.1 Å². The van der Waals surface area contributed by atoms with Crippen molar-refractivity contribution in [3.63, 3.8) is 0 Å². The first-order valence-electron chi connectivity index (χ1n) is 10.9. The second-order valence-electron chi connectivity index (χ2n) is 8.15. The molecule has 1 atom stereocenters. The molecule has 0 aliphatic carbocycles. The summed E-state index contributed by atoms with van der Waals surface area (Å²) in [5, 5.41) is 3.55. The summed E-state index contributed by atoms with van der Waals surface area (Å²) < 4.78 is 68.3.